The van der Waals surface area contributed by atoms with Crippen molar-refractivity contribution in [2.24, 2.45) is 0 Å². The molecule has 1 saturated heterocycles. The molecule has 1 amide bonds. The molecule has 0 bridgehead atoms. The van der Waals surface area contributed by atoms with Crippen LogP contribution in [0.3, 0.4) is 0 Å². The third-order valence-electron chi connectivity index (χ3n) is 3.23. The maximum atomic E-state index is 12.5. The predicted molar refractivity (Wildman–Crippen MR) is 81.0 cm³/mol. The first-order valence-corrected chi connectivity index (χ1v) is 6.77. The van der Waals surface area contributed by atoms with E-state index >= 15 is 0 Å². The maximum Gasteiger partial charge on any atom is 0.339 e. The van der Waals surface area contributed by atoms with Crippen LogP contribution >= 0.6 is 12.4 Å². The van der Waals surface area contributed by atoms with E-state index in [1.165, 1.54) is 6.20 Å². The molecule has 1 N–H and O–H groups in total. The number of esters is 1. The summed E-state index contributed by atoms with van der Waals surface area (Å²) in [5, 5.41) is 3.20. The Labute approximate surface area is 130 Å². The zero-order valence-corrected chi connectivity index (χ0v) is 13.0. The molecule has 116 valence electrons. The van der Waals surface area contributed by atoms with E-state index in [2.05, 4.69) is 10.3 Å². The summed E-state index contributed by atoms with van der Waals surface area (Å²) < 4.78 is 4.93. The minimum Gasteiger partial charge on any atom is -0.462 e. The second-order valence-electron chi connectivity index (χ2n) is 4.62. The van der Waals surface area contributed by atoms with Gasteiger partial charge in [-0.15, -0.1) is 12.4 Å². The Morgan fingerprint density at radius 2 is 2.05 bits per heavy atom. The van der Waals surface area contributed by atoms with Crippen LogP contribution in [0.4, 0.5) is 0 Å². The zero-order chi connectivity index (χ0) is 14.5. The number of carbonyl (C=O) groups is 2. The highest BCUT2D eigenvalue weighted by molar-refractivity contribution is 5.98. The Bertz CT molecular complexity index is 516. The van der Waals surface area contributed by atoms with Crippen molar-refractivity contribution in [3.05, 3.63) is 29.1 Å². The lowest BCUT2D eigenvalue weighted by atomic mass is 10.1. The van der Waals surface area contributed by atoms with Crippen LogP contribution in [0, 0.1) is 6.92 Å². The summed E-state index contributed by atoms with van der Waals surface area (Å²) in [5.74, 6) is -0.531. The van der Waals surface area contributed by atoms with Gasteiger partial charge in [0.05, 0.1) is 23.4 Å². The standard InChI is InChI=1S/C14H19N3O3.ClH/c1-3-20-14(19)11-8-12(10(2)16-9-11)13(18)17-6-4-15-5-7-17;/h8-9,15H,3-7H2,1-2H3;1H. The number of nitrogens with zero attached hydrogens (tertiary/aromatic N) is 2. The summed E-state index contributed by atoms with van der Waals surface area (Å²) in [6.45, 7) is 6.72. The van der Waals surface area contributed by atoms with E-state index in [4.69, 9.17) is 4.74 Å². The van der Waals surface area contributed by atoms with Gasteiger partial charge in [0.2, 0.25) is 0 Å². The number of amides is 1. The summed E-state index contributed by atoms with van der Waals surface area (Å²) in [4.78, 5) is 30.1. The van der Waals surface area contributed by atoms with Crippen molar-refractivity contribution in [2.45, 2.75) is 13.8 Å². The third-order valence-corrected chi connectivity index (χ3v) is 3.23. The second kappa shape index (κ2) is 7.95. The van der Waals surface area contributed by atoms with Crippen molar-refractivity contribution in [1.82, 2.24) is 15.2 Å². The minimum absolute atomic E-state index is 0. The van der Waals surface area contributed by atoms with Gasteiger partial charge in [0, 0.05) is 32.4 Å². The van der Waals surface area contributed by atoms with Crippen LogP contribution in [-0.4, -0.2) is 54.5 Å². The molecule has 0 unspecified atom stereocenters. The van der Waals surface area contributed by atoms with E-state index in [1.807, 2.05) is 0 Å². The molecule has 0 radical (unpaired) electrons. The monoisotopic (exact) mass is 313 g/mol. The number of aryl methyl sites for hydroxylation is 1. The van der Waals surface area contributed by atoms with Crippen molar-refractivity contribution in [3.63, 3.8) is 0 Å². The van der Waals surface area contributed by atoms with Gasteiger partial charge in [-0.05, 0) is 19.9 Å². The van der Waals surface area contributed by atoms with Crippen molar-refractivity contribution in [2.75, 3.05) is 32.8 Å². The number of piperazine rings is 1. The first kappa shape index (κ1) is 17.4. The molecule has 1 aliphatic heterocycles. The molecule has 1 fully saturated rings. The van der Waals surface area contributed by atoms with E-state index in [1.54, 1.807) is 24.8 Å². The second-order valence-corrected chi connectivity index (χ2v) is 4.62. The number of carbonyl (C=O) groups excluding carboxylic acids is 2. The van der Waals surface area contributed by atoms with Crippen LogP contribution in [0.1, 0.15) is 33.3 Å². The molecule has 0 saturated carbocycles. The van der Waals surface area contributed by atoms with Gasteiger partial charge in [-0.3, -0.25) is 9.78 Å². The lowest BCUT2D eigenvalue weighted by molar-refractivity contribution is 0.0526. The van der Waals surface area contributed by atoms with Crippen LogP contribution in [0.2, 0.25) is 0 Å². The molecule has 1 aromatic heterocycles. The Kier molecular flexibility index (Phi) is 6.58. The summed E-state index contributed by atoms with van der Waals surface area (Å²) >= 11 is 0. The predicted octanol–water partition coefficient (Wildman–Crippen LogP) is 1.03. The summed E-state index contributed by atoms with van der Waals surface area (Å²) in [6, 6.07) is 1.57. The van der Waals surface area contributed by atoms with Gasteiger partial charge >= 0.3 is 5.97 Å². The van der Waals surface area contributed by atoms with Gasteiger partial charge in [-0.1, -0.05) is 0 Å². The molecule has 0 aliphatic carbocycles. The fourth-order valence-corrected chi connectivity index (χ4v) is 2.11. The van der Waals surface area contributed by atoms with E-state index in [0.717, 1.165) is 13.1 Å². The first-order valence-electron chi connectivity index (χ1n) is 6.77. The first-order chi connectivity index (χ1) is 9.63. The summed E-state index contributed by atoms with van der Waals surface area (Å²) in [6.07, 6.45) is 1.45. The molecule has 6 nitrogen and oxygen atoms in total. The zero-order valence-electron chi connectivity index (χ0n) is 12.2. The minimum atomic E-state index is -0.450. The molecule has 21 heavy (non-hydrogen) atoms. The van der Waals surface area contributed by atoms with Gasteiger partial charge in [0.25, 0.3) is 5.91 Å². The fraction of sp³-hybridized carbons (Fsp3) is 0.500. The molecule has 1 aromatic rings. The van der Waals surface area contributed by atoms with Crippen molar-refractivity contribution in [3.8, 4) is 0 Å². The SMILES string of the molecule is CCOC(=O)c1cnc(C)c(C(=O)N2CCNCC2)c1.Cl. The van der Waals surface area contributed by atoms with Crippen LogP contribution in [0.15, 0.2) is 12.3 Å². The molecule has 2 heterocycles. The normalized spacial score (nSPS) is 14.3. The average Bonchev–Trinajstić information content (AvgIpc) is 2.48. The van der Waals surface area contributed by atoms with Crippen LogP contribution < -0.4 is 5.32 Å². The molecule has 2 rings (SSSR count). The molecule has 1 aliphatic rings. The Balaban J connectivity index is 0.00000220. The smallest absolute Gasteiger partial charge is 0.339 e. The number of aromatic nitrogens is 1. The van der Waals surface area contributed by atoms with Crippen LogP contribution in [0.25, 0.3) is 0 Å². The van der Waals surface area contributed by atoms with E-state index in [0.29, 0.717) is 36.5 Å². The van der Waals surface area contributed by atoms with E-state index < -0.39 is 5.97 Å². The molecule has 0 aromatic carbocycles. The van der Waals surface area contributed by atoms with Gasteiger partial charge in [-0.25, -0.2) is 4.79 Å². The van der Waals surface area contributed by atoms with Crippen molar-refractivity contribution in [1.29, 1.82) is 0 Å². The summed E-state index contributed by atoms with van der Waals surface area (Å²) in [7, 11) is 0. The number of rotatable bonds is 3. The molecular formula is C14H20ClN3O3. The van der Waals surface area contributed by atoms with Gasteiger partial charge in [0.15, 0.2) is 0 Å². The molecular weight excluding hydrogens is 294 g/mol. The molecule has 7 heteroatoms. The topological polar surface area (TPSA) is 71.5 Å². The van der Waals surface area contributed by atoms with Gasteiger partial charge in [-0.2, -0.15) is 0 Å². The van der Waals surface area contributed by atoms with E-state index in [-0.39, 0.29) is 18.3 Å². The Morgan fingerprint density at radius 1 is 1.38 bits per heavy atom. The Morgan fingerprint density at radius 3 is 2.67 bits per heavy atom. The number of pyridine rings is 1. The number of hydrogen-bond donors (Lipinski definition) is 1. The van der Waals surface area contributed by atoms with Crippen molar-refractivity contribution < 1.29 is 14.3 Å². The Hall–Kier alpha value is -1.66. The number of nitrogens with one attached hydrogen (secondary N) is 1. The molecule has 0 spiro atoms. The van der Waals surface area contributed by atoms with Gasteiger partial charge in [0.1, 0.15) is 0 Å². The van der Waals surface area contributed by atoms with E-state index in [9.17, 15) is 9.59 Å². The van der Waals surface area contributed by atoms with Crippen LogP contribution in [0.5, 0.6) is 0 Å². The highest BCUT2D eigenvalue weighted by Crippen LogP contribution is 2.13. The quantitative estimate of drug-likeness (QED) is 0.844. The van der Waals surface area contributed by atoms with Crippen molar-refractivity contribution >= 4 is 24.3 Å². The third kappa shape index (κ3) is 4.15. The lowest BCUT2D eigenvalue weighted by Crippen LogP contribution is -2.46. The fourth-order valence-electron chi connectivity index (χ4n) is 2.11. The average molecular weight is 314 g/mol. The summed E-state index contributed by atoms with van der Waals surface area (Å²) in [5.41, 5.74) is 1.41. The van der Waals surface area contributed by atoms with Gasteiger partial charge < -0.3 is 15.0 Å². The highest BCUT2D eigenvalue weighted by atomic mass is 35.5. The number of hydrogen-bond acceptors (Lipinski definition) is 5. The number of halogens is 1. The lowest BCUT2D eigenvalue weighted by Gasteiger charge is -2.27. The maximum absolute atomic E-state index is 12.5. The van der Waals surface area contributed by atoms with Crippen LogP contribution in [-0.2, 0) is 4.74 Å². The highest BCUT2D eigenvalue weighted by Gasteiger charge is 2.21. The number of ether oxygens (including phenoxy) is 1. The molecule has 0 atom stereocenters. The largest absolute Gasteiger partial charge is 0.462 e.